The smallest absolute Gasteiger partial charge is 0.406 e. The van der Waals surface area contributed by atoms with Crippen LogP contribution in [0.3, 0.4) is 0 Å². The van der Waals surface area contributed by atoms with Gasteiger partial charge in [-0.2, -0.15) is 0 Å². The van der Waals surface area contributed by atoms with E-state index in [1.54, 1.807) is 18.4 Å². The van der Waals surface area contributed by atoms with E-state index in [9.17, 15) is 18.0 Å². The first-order valence-corrected chi connectivity index (χ1v) is 8.92. The molecule has 0 atom stereocenters. The van der Waals surface area contributed by atoms with E-state index in [-0.39, 0.29) is 11.3 Å². The number of aryl methyl sites for hydroxylation is 2. The number of nitrogens with one attached hydrogen (secondary N) is 1. The molecule has 0 spiro atoms. The predicted octanol–water partition coefficient (Wildman–Crippen LogP) is 5.06. The van der Waals surface area contributed by atoms with Crippen molar-refractivity contribution in [2.75, 3.05) is 0 Å². The second kappa shape index (κ2) is 6.41. The Morgan fingerprint density at radius 1 is 1.15 bits per heavy atom. The third-order valence-electron chi connectivity index (χ3n) is 3.93. The van der Waals surface area contributed by atoms with E-state index >= 15 is 0 Å². The van der Waals surface area contributed by atoms with Crippen LogP contribution in [-0.2, 0) is 0 Å². The lowest BCUT2D eigenvalue weighted by Gasteiger charge is -2.15. The summed E-state index contributed by atoms with van der Waals surface area (Å²) in [6.45, 7) is 5.27. The number of aromatic nitrogens is 3. The summed E-state index contributed by atoms with van der Waals surface area (Å²) in [7, 11) is 0. The van der Waals surface area contributed by atoms with Gasteiger partial charge in [0.1, 0.15) is 11.6 Å². The van der Waals surface area contributed by atoms with Crippen molar-refractivity contribution in [1.29, 1.82) is 0 Å². The Morgan fingerprint density at radius 3 is 2.27 bits per heavy atom. The lowest BCUT2D eigenvalue weighted by atomic mass is 10.2. The van der Waals surface area contributed by atoms with E-state index in [0.717, 1.165) is 11.3 Å². The largest absolute Gasteiger partial charge is 0.573 e. The molecule has 0 aliphatic heterocycles. The quantitative estimate of drug-likeness (QED) is 0.541. The van der Waals surface area contributed by atoms with Gasteiger partial charge in [-0.3, -0.25) is 9.36 Å². The molecule has 0 bridgehead atoms. The van der Waals surface area contributed by atoms with Crippen LogP contribution < -0.4 is 10.3 Å². The van der Waals surface area contributed by atoms with Gasteiger partial charge >= 0.3 is 6.36 Å². The second-order valence-corrected chi connectivity index (χ2v) is 7.39. The molecule has 2 aromatic heterocycles. The van der Waals surface area contributed by atoms with Crippen molar-refractivity contribution in [2.45, 2.75) is 27.1 Å². The van der Waals surface area contributed by atoms with Gasteiger partial charge in [0.05, 0.1) is 11.1 Å². The molecule has 1 N–H and O–H groups in total. The fourth-order valence-electron chi connectivity index (χ4n) is 2.80. The molecule has 10 heteroatoms. The number of hydrogen-bond donors (Lipinski definition) is 1. The number of fused-ring (bicyclic) bond motifs is 1. The van der Waals surface area contributed by atoms with Gasteiger partial charge in [-0.05, 0) is 70.3 Å². The van der Waals surface area contributed by atoms with Crippen molar-refractivity contribution >= 4 is 42.9 Å². The Balaban J connectivity index is 2.31. The topological polar surface area (TPSA) is 59.9 Å². The van der Waals surface area contributed by atoms with E-state index in [1.807, 2.05) is 6.92 Å². The number of alkyl halides is 3. The zero-order valence-electron chi connectivity index (χ0n) is 13.8. The normalized spacial score (nSPS) is 12.0. The van der Waals surface area contributed by atoms with E-state index < -0.39 is 6.36 Å². The summed E-state index contributed by atoms with van der Waals surface area (Å²) in [5.41, 5.74) is 2.16. The molecule has 0 aliphatic carbocycles. The van der Waals surface area contributed by atoms with Crippen molar-refractivity contribution in [3.63, 3.8) is 0 Å². The number of rotatable bonds is 2. The summed E-state index contributed by atoms with van der Waals surface area (Å²) >= 11 is 6.59. The highest BCUT2D eigenvalue weighted by Gasteiger charge is 2.32. The number of H-pyrrole nitrogens is 1. The van der Waals surface area contributed by atoms with Crippen molar-refractivity contribution in [1.82, 2.24) is 14.5 Å². The van der Waals surface area contributed by atoms with Gasteiger partial charge < -0.3 is 9.72 Å². The zero-order chi connectivity index (χ0) is 19.4. The molecule has 0 amide bonds. The maximum atomic E-state index is 12.5. The van der Waals surface area contributed by atoms with Crippen LogP contribution in [-0.4, -0.2) is 20.9 Å². The maximum absolute atomic E-state index is 12.5. The summed E-state index contributed by atoms with van der Waals surface area (Å²) in [4.78, 5) is 19.4. The van der Waals surface area contributed by atoms with Crippen molar-refractivity contribution < 1.29 is 17.9 Å². The Morgan fingerprint density at radius 2 is 1.73 bits per heavy atom. The summed E-state index contributed by atoms with van der Waals surface area (Å²) in [5, 5.41) is 0.433. The number of ether oxygens (including phenoxy) is 1. The standard InChI is InChI=1S/C16H12Br2F3N3O2/c1-6-7(2)24(14-12(6)15(25)23-8(3)22-14)13-10(17)4-9(5-11(13)18)26-16(19,20)21/h4-5H,1-3H3,(H,22,23,25). The minimum absolute atomic E-state index is 0.267. The number of aromatic amines is 1. The van der Waals surface area contributed by atoms with Crippen LogP contribution in [0.1, 0.15) is 17.1 Å². The summed E-state index contributed by atoms with van der Waals surface area (Å²) < 4.78 is 43.9. The highest BCUT2D eigenvalue weighted by molar-refractivity contribution is 9.11. The van der Waals surface area contributed by atoms with Crippen LogP contribution >= 0.6 is 31.9 Å². The van der Waals surface area contributed by atoms with Gasteiger partial charge in [0.2, 0.25) is 0 Å². The van der Waals surface area contributed by atoms with E-state index in [4.69, 9.17) is 0 Å². The van der Waals surface area contributed by atoms with E-state index in [2.05, 4.69) is 46.6 Å². The summed E-state index contributed by atoms with van der Waals surface area (Å²) in [6, 6.07) is 2.43. The van der Waals surface area contributed by atoms with Crippen molar-refractivity contribution in [3.8, 4) is 11.4 Å². The molecule has 0 saturated carbocycles. The SMILES string of the molecule is Cc1nc2c(c(C)c(C)n2-c2c(Br)cc(OC(F)(F)F)cc2Br)c(=O)[nH]1. The minimum atomic E-state index is -4.79. The third kappa shape index (κ3) is 3.27. The van der Waals surface area contributed by atoms with Crippen LogP contribution in [0, 0.1) is 20.8 Å². The van der Waals surface area contributed by atoms with E-state index in [0.29, 0.717) is 31.5 Å². The van der Waals surface area contributed by atoms with Crippen LogP contribution in [0.4, 0.5) is 13.2 Å². The van der Waals surface area contributed by atoms with E-state index in [1.165, 1.54) is 12.1 Å². The van der Waals surface area contributed by atoms with Crippen LogP contribution in [0.2, 0.25) is 0 Å². The highest BCUT2D eigenvalue weighted by atomic mass is 79.9. The fourth-order valence-corrected chi connectivity index (χ4v) is 4.30. The molecule has 0 unspecified atom stereocenters. The first-order chi connectivity index (χ1) is 12.0. The molecule has 138 valence electrons. The molecule has 0 saturated heterocycles. The monoisotopic (exact) mass is 493 g/mol. The van der Waals surface area contributed by atoms with Gasteiger partial charge in [0, 0.05) is 14.6 Å². The van der Waals surface area contributed by atoms with Crippen LogP contribution in [0.15, 0.2) is 25.9 Å². The molecule has 0 radical (unpaired) electrons. The average Bonchev–Trinajstić information content (AvgIpc) is 2.69. The summed E-state index contributed by atoms with van der Waals surface area (Å²) in [6.07, 6.45) is -4.79. The number of hydrogen-bond acceptors (Lipinski definition) is 3. The van der Waals surface area contributed by atoms with Gasteiger partial charge in [-0.1, -0.05) is 0 Å². The molecule has 1 aromatic carbocycles. The van der Waals surface area contributed by atoms with Gasteiger partial charge in [-0.15, -0.1) is 13.2 Å². The predicted molar refractivity (Wildman–Crippen MR) is 98.0 cm³/mol. The van der Waals surface area contributed by atoms with Gasteiger partial charge in [0.15, 0.2) is 5.65 Å². The molecule has 3 rings (SSSR count). The van der Waals surface area contributed by atoms with Crippen molar-refractivity contribution in [2.24, 2.45) is 0 Å². The fraction of sp³-hybridized carbons (Fsp3) is 0.250. The number of benzene rings is 1. The Hall–Kier alpha value is -1.81. The second-order valence-electron chi connectivity index (χ2n) is 5.68. The van der Waals surface area contributed by atoms with Crippen LogP contribution in [0.25, 0.3) is 16.7 Å². The van der Waals surface area contributed by atoms with Crippen molar-refractivity contribution in [3.05, 3.63) is 48.5 Å². The highest BCUT2D eigenvalue weighted by Crippen LogP contribution is 2.38. The molecule has 0 fully saturated rings. The zero-order valence-corrected chi connectivity index (χ0v) is 16.9. The molecule has 26 heavy (non-hydrogen) atoms. The Labute approximate surface area is 162 Å². The lowest BCUT2D eigenvalue weighted by Crippen LogP contribution is -2.17. The summed E-state index contributed by atoms with van der Waals surface area (Å²) in [5.74, 6) is 0.0679. The third-order valence-corrected chi connectivity index (χ3v) is 5.14. The average molecular weight is 495 g/mol. The number of nitrogens with zero attached hydrogens (tertiary/aromatic N) is 2. The van der Waals surface area contributed by atoms with Crippen LogP contribution in [0.5, 0.6) is 5.75 Å². The lowest BCUT2D eigenvalue weighted by molar-refractivity contribution is -0.274. The molecule has 2 heterocycles. The first kappa shape index (κ1) is 19.0. The first-order valence-electron chi connectivity index (χ1n) is 7.33. The minimum Gasteiger partial charge on any atom is -0.406 e. The molecule has 3 aromatic rings. The Kier molecular flexibility index (Phi) is 4.68. The van der Waals surface area contributed by atoms with Gasteiger partial charge in [-0.25, -0.2) is 4.98 Å². The Bertz CT molecular complexity index is 1060. The molecular weight excluding hydrogens is 483 g/mol. The van der Waals surface area contributed by atoms with Gasteiger partial charge in [0.25, 0.3) is 5.56 Å². The molecule has 0 aliphatic rings. The number of halogens is 5. The maximum Gasteiger partial charge on any atom is 0.573 e. The molecule has 5 nitrogen and oxygen atoms in total. The molecular formula is C16H12Br2F3N3O2.